The molecule has 1 atom stereocenters. The molecule has 2 rings (SSSR count). The molecule has 1 aromatic carbocycles. The third-order valence-corrected chi connectivity index (χ3v) is 4.14. The van der Waals surface area contributed by atoms with E-state index in [2.05, 4.69) is 34.3 Å². The first-order chi connectivity index (χ1) is 12.5. The molecule has 0 aliphatic carbocycles. The summed E-state index contributed by atoms with van der Waals surface area (Å²) in [6.45, 7) is 3.00. The van der Waals surface area contributed by atoms with Crippen molar-refractivity contribution < 1.29 is 19.9 Å². The molecule has 0 bridgehead atoms. The molecule has 5 N–H and O–H groups in total. The van der Waals surface area contributed by atoms with Crippen LogP contribution in [0.3, 0.4) is 0 Å². The number of hydrogen-bond acceptors (Lipinski definition) is 5. The van der Waals surface area contributed by atoms with Crippen molar-refractivity contribution in [2.24, 2.45) is 5.41 Å². The molecule has 0 aromatic heterocycles. The summed E-state index contributed by atoms with van der Waals surface area (Å²) in [6, 6.07) is 5.74. The van der Waals surface area contributed by atoms with E-state index in [1.165, 1.54) is 0 Å². The van der Waals surface area contributed by atoms with Crippen LogP contribution in [0.1, 0.15) is 29.3 Å². The fourth-order valence-electron chi connectivity index (χ4n) is 2.53. The molecule has 7 nitrogen and oxygen atoms in total. The maximum absolute atomic E-state index is 12.4. The number of hydroxylamine groups is 1. The lowest BCUT2D eigenvalue weighted by Crippen LogP contribution is -2.66. The van der Waals surface area contributed by atoms with Crippen LogP contribution in [0, 0.1) is 29.1 Å². The number of hydrogen-bond donors (Lipinski definition) is 5. The predicted octanol–water partition coefficient (Wildman–Crippen LogP) is -0.363. The van der Waals surface area contributed by atoms with Crippen molar-refractivity contribution in [3.63, 3.8) is 0 Å². The minimum Gasteiger partial charge on any atom is -0.395 e. The van der Waals surface area contributed by atoms with E-state index in [1.807, 2.05) is 6.92 Å². The second-order valence-electron chi connectivity index (χ2n) is 6.24. The lowest BCUT2D eigenvalue weighted by Gasteiger charge is -2.44. The Morgan fingerprint density at radius 3 is 2.50 bits per heavy atom. The van der Waals surface area contributed by atoms with Crippen molar-refractivity contribution in [3.05, 3.63) is 35.4 Å². The average molecular weight is 355 g/mol. The quantitative estimate of drug-likeness (QED) is 0.281. The number of aliphatic hydroxyl groups is 1. The predicted molar refractivity (Wildman–Crippen MR) is 95.0 cm³/mol. The molecule has 0 radical (unpaired) electrons. The first-order valence-electron chi connectivity index (χ1n) is 8.15. The van der Waals surface area contributed by atoms with Crippen LogP contribution in [0.2, 0.25) is 0 Å². The maximum Gasteiger partial charge on any atom is 0.266 e. The lowest BCUT2D eigenvalue weighted by molar-refractivity contribution is -0.135. The Hall–Kier alpha value is -2.84. The number of carbonyl (C=O) groups is 2. The van der Waals surface area contributed by atoms with Crippen molar-refractivity contribution in [3.8, 4) is 23.7 Å². The summed E-state index contributed by atoms with van der Waals surface area (Å²) in [4.78, 5) is 24.3. The van der Waals surface area contributed by atoms with Crippen molar-refractivity contribution in [1.29, 1.82) is 0 Å². The van der Waals surface area contributed by atoms with Gasteiger partial charge in [0, 0.05) is 36.1 Å². The molecular formula is C19H21N3O4. The van der Waals surface area contributed by atoms with Crippen LogP contribution in [0.5, 0.6) is 0 Å². The van der Waals surface area contributed by atoms with Gasteiger partial charge in [-0.25, -0.2) is 5.48 Å². The number of nitrogens with one attached hydrogen (secondary N) is 3. The fraction of sp³-hybridized carbons (Fsp3) is 0.368. The molecule has 7 heteroatoms. The van der Waals surface area contributed by atoms with E-state index >= 15 is 0 Å². The van der Waals surface area contributed by atoms with Gasteiger partial charge in [-0.3, -0.25) is 14.8 Å². The first-order valence-corrected chi connectivity index (χ1v) is 8.15. The Morgan fingerprint density at radius 2 is 1.96 bits per heavy atom. The highest BCUT2D eigenvalue weighted by molar-refractivity contribution is 5.97. The summed E-state index contributed by atoms with van der Waals surface area (Å²) in [7, 11) is 0. The molecule has 1 aromatic rings. The molecule has 1 aliphatic rings. The smallest absolute Gasteiger partial charge is 0.266 e. The van der Waals surface area contributed by atoms with Gasteiger partial charge in [0.25, 0.3) is 11.8 Å². The fourth-order valence-corrected chi connectivity index (χ4v) is 2.53. The van der Waals surface area contributed by atoms with Gasteiger partial charge in [-0.2, -0.15) is 0 Å². The van der Waals surface area contributed by atoms with Gasteiger partial charge in [-0.05, 0) is 36.1 Å². The zero-order valence-corrected chi connectivity index (χ0v) is 14.4. The normalized spacial score (nSPS) is 15.2. The van der Waals surface area contributed by atoms with Crippen LogP contribution < -0.4 is 16.1 Å². The lowest BCUT2D eigenvalue weighted by atomic mass is 9.76. The molecule has 1 fully saturated rings. The molecular weight excluding hydrogens is 334 g/mol. The van der Waals surface area contributed by atoms with Crippen LogP contribution >= 0.6 is 0 Å². The summed E-state index contributed by atoms with van der Waals surface area (Å²) < 4.78 is 0. The highest BCUT2D eigenvalue weighted by Gasteiger charge is 2.44. The van der Waals surface area contributed by atoms with Gasteiger partial charge < -0.3 is 15.7 Å². The highest BCUT2D eigenvalue weighted by atomic mass is 16.5. The van der Waals surface area contributed by atoms with Gasteiger partial charge in [-0.1, -0.05) is 18.8 Å². The molecule has 1 heterocycles. The summed E-state index contributed by atoms with van der Waals surface area (Å²) >= 11 is 0. The summed E-state index contributed by atoms with van der Waals surface area (Å²) in [6.07, 6.45) is 0.380. The van der Waals surface area contributed by atoms with E-state index in [4.69, 9.17) is 10.3 Å². The summed E-state index contributed by atoms with van der Waals surface area (Å²) in [5.41, 5.74) is 2.23. The van der Waals surface area contributed by atoms with Gasteiger partial charge in [-0.15, -0.1) is 0 Å². The van der Waals surface area contributed by atoms with Crippen molar-refractivity contribution in [2.75, 3.05) is 19.7 Å². The number of benzene rings is 1. The molecule has 1 aliphatic heterocycles. The third kappa shape index (κ3) is 4.84. The van der Waals surface area contributed by atoms with Crippen molar-refractivity contribution in [1.82, 2.24) is 16.1 Å². The number of amides is 2. The SMILES string of the molecule is CC1(C(NC(=O)c2ccc(C#CC#CCCO)cc2)C(=O)NO)CNC1. The number of aliphatic hydroxyl groups excluding tert-OH is 1. The van der Waals surface area contributed by atoms with E-state index < -0.39 is 23.3 Å². The largest absolute Gasteiger partial charge is 0.395 e. The van der Waals surface area contributed by atoms with Gasteiger partial charge in [0.1, 0.15) is 6.04 Å². The van der Waals surface area contributed by atoms with E-state index in [1.54, 1.807) is 29.7 Å². The van der Waals surface area contributed by atoms with Crippen LogP contribution in [0.15, 0.2) is 24.3 Å². The Kier molecular flexibility index (Phi) is 6.76. The van der Waals surface area contributed by atoms with Gasteiger partial charge in [0.2, 0.25) is 0 Å². The molecule has 0 spiro atoms. The van der Waals surface area contributed by atoms with E-state index in [-0.39, 0.29) is 6.61 Å². The molecule has 136 valence electrons. The number of rotatable bonds is 5. The van der Waals surface area contributed by atoms with Crippen LogP contribution in [0.25, 0.3) is 0 Å². The third-order valence-electron chi connectivity index (χ3n) is 4.14. The Morgan fingerprint density at radius 1 is 1.27 bits per heavy atom. The monoisotopic (exact) mass is 355 g/mol. The van der Waals surface area contributed by atoms with E-state index in [9.17, 15) is 9.59 Å². The standard InChI is InChI=1S/C19H21N3O4/c1-19(12-20-13-19)16(18(25)22-26)21-17(24)15-9-7-14(8-10-15)6-4-2-3-5-11-23/h7-10,16,20,23,26H,5,11-13H2,1H3,(H,21,24)(H,22,25). The Labute approximate surface area is 152 Å². The minimum atomic E-state index is -0.845. The topological polar surface area (TPSA) is 111 Å². The van der Waals surface area contributed by atoms with Crippen LogP contribution in [-0.2, 0) is 4.79 Å². The maximum atomic E-state index is 12.4. The summed E-state index contributed by atoms with van der Waals surface area (Å²) in [5.74, 6) is 9.77. The van der Waals surface area contributed by atoms with Gasteiger partial charge in [0.05, 0.1) is 6.61 Å². The molecule has 2 amide bonds. The van der Waals surface area contributed by atoms with E-state index in [0.29, 0.717) is 30.6 Å². The van der Waals surface area contributed by atoms with Crippen LogP contribution in [-0.4, -0.2) is 47.9 Å². The molecule has 1 saturated heterocycles. The minimum absolute atomic E-state index is 0.00287. The number of carbonyl (C=O) groups excluding carboxylic acids is 2. The average Bonchev–Trinajstić information content (AvgIpc) is 2.63. The molecule has 0 saturated carbocycles. The zero-order chi connectivity index (χ0) is 19.0. The van der Waals surface area contributed by atoms with Crippen LogP contribution in [0.4, 0.5) is 0 Å². The molecule has 1 unspecified atom stereocenters. The second-order valence-corrected chi connectivity index (χ2v) is 6.24. The second kappa shape index (κ2) is 9.02. The van der Waals surface area contributed by atoms with Crippen molar-refractivity contribution >= 4 is 11.8 Å². The highest BCUT2D eigenvalue weighted by Crippen LogP contribution is 2.26. The van der Waals surface area contributed by atoms with Crippen molar-refractivity contribution in [2.45, 2.75) is 19.4 Å². The Bertz CT molecular complexity index is 777. The van der Waals surface area contributed by atoms with Gasteiger partial charge >= 0.3 is 0 Å². The first kappa shape index (κ1) is 19.5. The Balaban J connectivity index is 2.05. The zero-order valence-electron chi connectivity index (χ0n) is 14.4. The van der Waals surface area contributed by atoms with E-state index in [0.717, 1.165) is 0 Å². The molecule has 26 heavy (non-hydrogen) atoms. The van der Waals surface area contributed by atoms with Gasteiger partial charge in [0.15, 0.2) is 0 Å². The summed E-state index contributed by atoms with van der Waals surface area (Å²) in [5, 5.41) is 23.3.